The van der Waals surface area contributed by atoms with Crippen molar-refractivity contribution in [1.82, 2.24) is 15.3 Å². The van der Waals surface area contributed by atoms with Gasteiger partial charge in [0, 0.05) is 16.2 Å². The van der Waals surface area contributed by atoms with Gasteiger partial charge in [-0.25, -0.2) is 14.4 Å². The Kier molecular flexibility index (Phi) is 4.61. The van der Waals surface area contributed by atoms with Crippen LogP contribution in [0.2, 0.25) is 0 Å². The van der Waals surface area contributed by atoms with Gasteiger partial charge >= 0.3 is 0 Å². The first-order valence-corrected chi connectivity index (χ1v) is 6.89. The third kappa shape index (κ3) is 3.36. The molecule has 2 aromatic rings. The largest absolute Gasteiger partial charge is 0.305 e. The number of hydrogen-bond acceptors (Lipinski definition) is 3. The molecule has 0 saturated carbocycles. The molecule has 0 aliphatic heterocycles. The van der Waals surface area contributed by atoms with E-state index in [1.54, 1.807) is 24.4 Å². The van der Waals surface area contributed by atoms with Crippen LogP contribution in [-0.4, -0.2) is 16.5 Å². The highest BCUT2D eigenvalue weighted by molar-refractivity contribution is 9.10. The molecule has 0 amide bonds. The second-order valence-corrected chi connectivity index (χ2v) is 5.10. The maximum Gasteiger partial charge on any atom is 0.128 e. The summed E-state index contributed by atoms with van der Waals surface area (Å²) in [7, 11) is 0. The summed E-state index contributed by atoms with van der Waals surface area (Å²) in [6, 6.07) is 6.45. The van der Waals surface area contributed by atoms with Crippen molar-refractivity contribution in [2.75, 3.05) is 6.54 Å². The van der Waals surface area contributed by atoms with Crippen LogP contribution in [0.1, 0.15) is 30.0 Å². The molecule has 0 fully saturated rings. The summed E-state index contributed by atoms with van der Waals surface area (Å²) in [5.74, 6) is 0.432. The molecule has 1 N–H and O–H groups in total. The number of nitrogens with one attached hydrogen (secondary N) is 1. The fourth-order valence-electron chi connectivity index (χ4n) is 1.95. The van der Waals surface area contributed by atoms with Crippen LogP contribution in [-0.2, 0) is 0 Å². The van der Waals surface area contributed by atoms with E-state index >= 15 is 0 Å². The maximum absolute atomic E-state index is 14.0. The zero-order valence-corrected chi connectivity index (χ0v) is 12.4. The quantitative estimate of drug-likeness (QED) is 0.937. The number of aryl methyl sites for hydroxylation is 1. The van der Waals surface area contributed by atoms with Crippen LogP contribution in [0.3, 0.4) is 0 Å². The lowest BCUT2D eigenvalue weighted by Crippen LogP contribution is -2.24. The van der Waals surface area contributed by atoms with Gasteiger partial charge in [0.25, 0.3) is 0 Å². The van der Waals surface area contributed by atoms with E-state index in [1.807, 2.05) is 13.8 Å². The Hall–Kier alpha value is -1.33. The molecule has 3 nitrogen and oxygen atoms in total. The summed E-state index contributed by atoms with van der Waals surface area (Å²) in [5, 5.41) is 3.26. The van der Waals surface area contributed by atoms with E-state index in [9.17, 15) is 4.39 Å². The Morgan fingerprint density at radius 1 is 1.37 bits per heavy atom. The van der Waals surface area contributed by atoms with Crippen LogP contribution >= 0.6 is 15.9 Å². The van der Waals surface area contributed by atoms with Crippen LogP contribution in [0.5, 0.6) is 0 Å². The van der Waals surface area contributed by atoms with Crippen LogP contribution in [0.4, 0.5) is 4.39 Å². The topological polar surface area (TPSA) is 37.8 Å². The molecule has 0 aliphatic carbocycles. The van der Waals surface area contributed by atoms with E-state index in [0.717, 1.165) is 16.7 Å². The zero-order valence-electron chi connectivity index (χ0n) is 10.8. The van der Waals surface area contributed by atoms with Crippen LogP contribution in [0.15, 0.2) is 34.9 Å². The van der Waals surface area contributed by atoms with E-state index in [-0.39, 0.29) is 11.9 Å². The Bertz CT molecular complexity index is 574. The molecule has 2 rings (SSSR count). The first kappa shape index (κ1) is 14.1. The first-order valence-electron chi connectivity index (χ1n) is 6.09. The van der Waals surface area contributed by atoms with Crippen LogP contribution in [0, 0.1) is 12.7 Å². The Morgan fingerprint density at radius 2 is 2.16 bits per heavy atom. The highest BCUT2D eigenvalue weighted by Crippen LogP contribution is 2.26. The van der Waals surface area contributed by atoms with E-state index in [4.69, 9.17) is 0 Å². The van der Waals surface area contributed by atoms with Crippen molar-refractivity contribution in [3.05, 3.63) is 57.8 Å². The van der Waals surface area contributed by atoms with Crippen LogP contribution < -0.4 is 5.32 Å². The molecule has 1 aromatic heterocycles. The molecule has 0 bridgehead atoms. The average Bonchev–Trinajstić information content (AvgIpc) is 2.39. The minimum absolute atomic E-state index is 0.245. The molecular formula is C14H15BrFN3. The second-order valence-electron chi connectivity index (χ2n) is 4.19. The number of benzene rings is 1. The lowest BCUT2D eigenvalue weighted by Gasteiger charge is -2.19. The number of hydrogen-bond donors (Lipinski definition) is 1. The standard InChI is InChI=1S/C14H15BrFN3/c1-3-17-14(13-6-7-18-9(2)19-13)11-8-10(15)4-5-12(11)16/h4-8,14,17H,3H2,1-2H3. The summed E-state index contributed by atoms with van der Waals surface area (Å²) in [4.78, 5) is 8.46. The van der Waals surface area contributed by atoms with Gasteiger partial charge in [0.05, 0.1) is 11.7 Å². The summed E-state index contributed by atoms with van der Waals surface area (Å²) < 4.78 is 14.9. The van der Waals surface area contributed by atoms with Crippen molar-refractivity contribution in [1.29, 1.82) is 0 Å². The maximum atomic E-state index is 14.0. The Balaban J connectivity index is 2.48. The minimum Gasteiger partial charge on any atom is -0.305 e. The minimum atomic E-state index is -0.274. The molecule has 0 aliphatic rings. The number of rotatable bonds is 4. The van der Waals surface area contributed by atoms with Crippen molar-refractivity contribution in [3.63, 3.8) is 0 Å². The lowest BCUT2D eigenvalue weighted by molar-refractivity contribution is 0.550. The SMILES string of the molecule is CCNC(c1ccnc(C)n1)c1cc(Br)ccc1F. The summed E-state index contributed by atoms with van der Waals surface area (Å²) in [5.41, 5.74) is 1.35. The smallest absolute Gasteiger partial charge is 0.128 e. The van der Waals surface area contributed by atoms with Crippen molar-refractivity contribution in [2.24, 2.45) is 0 Å². The fourth-order valence-corrected chi connectivity index (χ4v) is 2.33. The molecule has 5 heteroatoms. The van der Waals surface area contributed by atoms with Gasteiger partial charge in [-0.15, -0.1) is 0 Å². The van der Waals surface area contributed by atoms with Gasteiger partial charge in [0.15, 0.2) is 0 Å². The highest BCUT2D eigenvalue weighted by Gasteiger charge is 2.18. The van der Waals surface area contributed by atoms with Crippen molar-refractivity contribution in [3.8, 4) is 0 Å². The molecule has 0 saturated heterocycles. The molecular weight excluding hydrogens is 309 g/mol. The Morgan fingerprint density at radius 3 is 2.84 bits per heavy atom. The number of halogens is 2. The predicted octanol–water partition coefficient (Wildman–Crippen LogP) is 3.39. The summed E-state index contributed by atoms with van der Waals surface area (Å²) in [6.45, 7) is 4.53. The molecule has 0 spiro atoms. The van der Waals surface area contributed by atoms with Crippen molar-refractivity contribution < 1.29 is 4.39 Å². The molecule has 100 valence electrons. The Labute approximate surface area is 120 Å². The molecule has 1 heterocycles. The van der Waals surface area contributed by atoms with Crippen molar-refractivity contribution >= 4 is 15.9 Å². The highest BCUT2D eigenvalue weighted by atomic mass is 79.9. The molecule has 1 unspecified atom stereocenters. The molecule has 0 radical (unpaired) electrons. The monoisotopic (exact) mass is 323 g/mol. The number of aromatic nitrogens is 2. The average molecular weight is 324 g/mol. The third-order valence-corrected chi connectivity index (χ3v) is 3.26. The van der Waals surface area contributed by atoms with Crippen molar-refractivity contribution in [2.45, 2.75) is 19.9 Å². The van der Waals surface area contributed by atoms with Gasteiger partial charge in [0.1, 0.15) is 11.6 Å². The normalized spacial score (nSPS) is 12.4. The number of nitrogens with zero attached hydrogens (tertiary/aromatic N) is 2. The fraction of sp³-hybridized carbons (Fsp3) is 0.286. The van der Waals surface area contributed by atoms with Gasteiger partial charge in [0.2, 0.25) is 0 Å². The third-order valence-electron chi connectivity index (χ3n) is 2.77. The van der Waals surface area contributed by atoms with Gasteiger partial charge in [-0.1, -0.05) is 22.9 Å². The van der Waals surface area contributed by atoms with Gasteiger partial charge in [-0.05, 0) is 37.7 Å². The van der Waals surface area contributed by atoms with Gasteiger partial charge in [-0.2, -0.15) is 0 Å². The van der Waals surface area contributed by atoms with Crippen LogP contribution in [0.25, 0.3) is 0 Å². The molecule has 19 heavy (non-hydrogen) atoms. The van der Waals surface area contributed by atoms with E-state index in [0.29, 0.717) is 11.4 Å². The van der Waals surface area contributed by atoms with E-state index in [2.05, 4.69) is 31.2 Å². The zero-order chi connectivity index (χ0) is 13.8. The summed E-state index contributed by atoms with van der Waals surface area (Å²) >= 11 is 3.38. The van der Waals surface area contributed by atoms with Gasteiger partial charge in [-0.3, -0.25) is 0 Å². The summed E-state index contributed by atoms with van der Waals surface area (Å²) in [6.07, 6.45) is 1.69. The van der Waals surface area contributed by atoms with E-state index < -0.39 is 0 Å². The second kappa shape index (κ2) is 6.21. The predicted molar refractivity (Wildman–Crippen MR) is 76.4 cm³/mol. The van der Waals surface area contributed by atoms with Gasteiger partial charge < -0.3 is 5.32 Å². The van der Waals surface area contributed by atoms with E-state index in [1.165, 1.54) is 6.07 Å². The first-order chi connectivity index (χ1) is 9.11. The molecule has 1 aromatic carbocycles. The lowest BCUT2D eigenvalue weighted by atomic mass is 10.0. The molecule has 1 atom stereocenters.